The van der Waals surface area contributed by atoms with Crippen LogP contribution >= 0.6 is 0 Å². The molecular weight excluding hydrogens is 290 g/mol. The largest absolute Gasteiger partial charge is 0.481 e. The van der Waals surface area contributed by atoms with Crippen LogP contribution in [0.25, 0.3) is 10.9 Å². The number of para-hydroxylation sites is 1. The van der Waals surface area contributed by atoms with Gasteiger partial charge in [0.2, 0.25) is 0 Å². The normalized spacial score (nSPS) is 11.1. The number of hydrogen-bond acceptors (Lipinski definition) is 4. The average Bonchev–Trinajstić information content (AvgIpc) is 2.49. The number of nitrogens with one attached hydrogen (secondary N) is 1. The summed E-state index contributed by atoms with van der Waals surface area (Å²) in [6.07, 6.45) is 1.64. The lowest BCUT2D eigenvalue weighted by Crippen LogP contribution is -2.17. The number of fused-ring (bicyclic) bond motifs is 1. The third kappa shape index (κ3) is 4.66. The van der Waals surface area contributed by atoms with Crippen molar-refractivity contribution < 1.29 is 9.90 Å². The Morgan fingerprint density at radius 1 is 1.30 bits per heavy atom. The molecule has 2 rings (SSSR count). The zero-order valence-corrected chi connectivity index (χ0v) is 14.1. The molecule has 0 atom stereocenters. The second-order valence-electron chi connectivity index (χ2n) is 6.05. The highest BCUT2D eigenvalue weighted by Gasteiger charge is 2.13. The highest BCUT2D eigenvalue weighted by Crippen LogP contribution is 2.29. The Morgan fingerprint density at radius 3 is 2.74 bits per heavy atom. The SMILES string of the molecule is Cc1nc2ccccc2c(NCCCN(C)C)c1CCC(=O)O. The minimum Gasteiger partial charge on any atom is -0.481 e. The molecule has 0 spiro atoms. The second-order valence-corrected chi connectivity index (χ2v) is 6.05. The molecule has 0 aliphatic heterocycles. The topological polar surface area (TPSA) is 65.5 Å². The lowest BCUT2D eigenvalue weighted by Gasteiger charge is -2.17. The maximum absolute atomic E-state index is 10.9. The van der Waals surface area contributed by atoms with E-state index in [-0.39, 0.29) is 6.42 Å². The molecule has 124 valence electrons. The summed E-state index contributed by atoms with van der Waals surface area (Å²) in [4.78, 5) is 17.7. The average molecular weight is 315 g/mol. The highest BCUT2D eigenvalue weighted by molar-refractivity contribution is 5.93. The number of hydrogen-bond donors (Lipinski definition) is 2. The van der Waals surface area contributed by atoms with E-state index in [9.17, 15) is 4.79 Å². The van der Waals surface area contributed by atoms with Gasteiger partial charge < -0.3 is 15.3 Å². The van der Waals surface area contributed by atoms with Crippen molar-refractivity contribution in [1.29, 1.82) is 0 Å². The van der Waals surface area contributed by atoms with Gasteiger partial charge in [-0.1, -0.05) is 18.2 Å². The molecule has 0 fully saturated rings. The first-order valence-corrected chi connectivity index (χ1v) is 7.97. The third-order valence-corrected chi connectivity index (χ3v) is 3.87. The molecule has 2 aromatic rings. The van der Waals surface area contributed by atoms with Gasteiger partial charge in [0.15, 0.2) is 0 Å². The minimum absolute atomic E-state index is 0.118. The quantitative estimate of drug-likeness (QED) is 0.733. The standard InChI is InChI=1S/C18H25N3O2/c1-13-14(9-10-17(22)23)18(19-11-6-12-21(2)3)15-7-4-5-8-16(15)20-13/h4-5,7-8H,6,9-12H2,1-3H3,(H,19,20)(H,22,23). The van der Waals surface area contributed by atoms with Crippen molar-refractivity contribution in [1.82, 2.24) is 9.88 Å². The number of aliphatic carboxylic acids is 1. The van der Waals surface area contributed by atoms with Gasteiger partial charge in [0, 0.05) is 29.7 Å². The first kappa shape index (κ1) is 17.2. The summed E-state index contributed by atoms with van der Waals surface area (Å²) in [6.45, 7) is 3.82. The molecule has 0 saturated heterocycles. The molecule has 23 heavy (non-hydrogen) atoms. The van der Waals surface area contributed by atoms with E-state index in [1.807, 2.05) is 31.2 Å². The van der Waals surface area contributed by atoms with E-state index in [4.69, 9.17) is 5.11 Å². The van der Waals surface area contributed by atoms with Crippen molar-refractivity contribution in [2.24, 2.45) is 0 Å². The van der Waals surface area contributed by atoms with Crippen molar-refractivity contribution in [3.05, 3.63) is 35.5 Å². The number of benzene rings is 1. The van der Waals surface area contributed by atoms with E-state index in [0.717, 1.165) is 47.4 Å². The van der Waals surface area contributed by atoms with Crippen LogP contribution < -0.4 is 5.32 Å². The van der Waals surface area contributed by atoms with Gasteiger partial charge in [0.1, 0.15) is 0 Å². The van der Waals surface area contributed by atoms with E-state index in [0.29, 0.717) is 6.42 Å². The predicted octanol–water partition coefficient (Wildman–Crippen LogP) is 2.92. The Bertz CT molecular complexity index is 683. The first-order chi connectivity index (χ1) is 11.0. The monoisotopic (exact) mass is 315 g/mol. The van der Waals surface area contributed by atoms with E-state index >= 15 is 0 Å². The molecule has 0 saturated carbocycles. The Labute approximate surface area is 137 Å². The van der Waals surface area contributed by atoms with Crippen LogP contribution in [-0.4, -0.2) is 48.1 Å². The number of pyridine rings is 1. The number of aromatic nitrogens is 1. The first-order valence-electron chi connectivity index (χ1n) is 7.97. The molecule has 0 amide bonds. The highest BCUT2D eigenvalue weighted by atomic mass is 16.4. The number of anilines is 1. The Morgan fingerprint density at radius 2 is 2.04 bits per heavy atom. The lowest BCUT2D eigenvalue weighted by molar-refractivity contribution is -0.136. The number of carboxylic acids is 1. The number of nitrogens with zero attached hydrogens (tertiary/aromatic N) is 2. The maximum Gasteiger partial charge on any atom is 0.303 e. The van der Waals surface area contributed by atoms with Crippen molar-refractivity contribution >= 4 is 22.6 Å². The van der Waals surface area contributed by atoms with Crippen LogP contribution in [0.1, 0.15) is 24.1 Å². The van der Waals surface area contributed by atoms with Crippen LogP contribution in [0.2, 0.25) is 0 Å². The smallest absolute Gasteiger partial charge is 0.303 e. The van der Waals surface area contributed by atoms with Crippen LogP contribution in [-0.2, 0) is 11.2 Å². The molecule has 0 bridgehead atoms. The van der Waals surface area contributed by atoms with Gasteiger partial charge in [0.25, 0.3) is 0 Å². The molecule has 0 unspecified atom stereocenters. The van der Waals surface area contributed by atoms with Gasteiger partial charge in [-0.25, -0.2) is 0 Å². The van der Waals surface area contributed by atoms with E-state index < -0.39 is 5.97 Å². The van der Waals surface area contributed by atoms with Crippen LogP contribution in [0.3, 0.4) is 0 Å². The molecule has 2 N–H and O–H groups in total. The van der Waals surface area contributed by atoms with Gasteiger partial charge in [-0.15, -0.1) is 0 Å². The summed E-state index contributed by atoms with van der Waals surface area (Å²) in [6, 6.07) is 8.00. The molecule has 1 aromatic carbocycles. The third-order valence-electron chi connectivity index (χ3n) is 3.87. The fraction of sp³-hybridized carbons (Fsp3) is 0.444. The van der Waals surface area contributed by atoms with Gasteiger partial charge in [-0.2, -0.15) is 0 Å². The van der Waals surface area contributed by atoms with Crippen LogP contribution in [0.15, 0.2) is 24.3 Å². The molecule has 0 aliphatic rings. The van der Waals surface area contributed by atoms with Crippen LogP contribution in [0.5, 0.6) is 0 Å². The summed E-state index contributed by atoms with van der Waals surface area (Å²) < 4.78 is 0. The fourth-order valence-corrected chi connectivity index (χ4v) is 2.72. The molecular formula is C18H25N3O2. The van der Waals surface area contributed by atoms with Crippen molar-refractivity contribution in [3.63, 3.8) is 0 Å². The maximum atomic E-state index is 10.9. The molecule has 0 aliphatic carbocycles. The van der Waals surface area contributed by atoms with E-state index in [2.05, 4.69) is 29.3 Å². The molecule has 0 radical (unpaired) electrons. The Kier molecular flexibility index (Phi) is 5.93. The van der Waals surface area contributed by atoms with E-state index in [1.54, 1.807) is 0 Å². The predicted molar refractivity (Wildman–Crippen MR) is 94.1 cm³/mol. The summed E-state index contributed by atoms with van der Waals surface area (Å²) >= 11 is 0. The van der Waals surface area contributed by atoms with Crippen molar-refractivity contribution in [3.8, 4) is 0 Å². The number of carbonyl (C=O) groups is 1. The van der Waals surface area contributed by atoms with Gasteiger partial charge in [-0.3, -0.25) is 9.78 Å². The lowest BCUT2D eigenvalue weighted by atomic mass is 10.0. The molecule has 1 aromatic heterocycles. The summed E-state index contributed by atoms with van der Waals surface area (Å²) in [5, 5.41) is 13.6. The van der Waals surface area contributed by atoms with Crippen molar-refractivity contribution in [2.45, 2.75) is 26.2 Å². The molecule has 5 nitrogen and oxygen atoms in total. The van der Waals surface area contributed by atoms with Crippen LogP contribution in [0, 0.1) is 6.92 Å². The zero-order valence-electron chi connectivity index (χ0n) is 14.1. The number of rotatable bonds is 8. The molecule has 1 heterocycles. The number of aryl methyl sites for hydroxylation is 1. The summed E-state index contributed by atoms with van der Waals surface area (Å²) in [5.74, 6) is -0.781. The van der Waals surface area contributed by atoms with Crippen molar-refractivity contribution in [2.75, 3.05) is 32.5 Å². The van der Waals surface area contributed by atoms with Gasteiger partial charge in [-0.05, 0) is 52.0 Å². The van der Waals surface area contributed by atoms with E-state index in [1.165, 1.54) is 0 Å². The zero-order chi connectivity index (χ0) is 16.8. The second kappa shape index (κ2) is 7.92. The van der Waals surface area contributed by atoms with Crippen LogP contribution in [0.4, 0.5) is 5.69 Å². The van der Waals surface area contributed by atoms with Gasteiger partial charge >= 0.3 is 5.97 Å². The summed E-state index contributed by atoms with van der Waals surface area (Å²) in [7, 11) is 4.12. The Balaban J connectivity index is 2.31. The molecule has 5 heteroatoms. The summed E-state index contributed by atoms with van der Waals surface area (Å²) in [5.41, 5.74) is 3.89. The number of carboxylic acid groups (broad SMARTS) is 1. The minimum atomic E-state index is -0.781. The fourth-order valence-electron chi connectivity index (χ4n) is 2.72. The Hall–Kier alpha value is -2.14. The van der Waals surface area contributed by atoms with Gasteiger partial charge in [0.05, 0.1) is 5.52 Å².